The van der Waals surface area contributed by atoms with Gasteiger partial charge in [0.05, 0.1) is 25.9 Å². The van der Waals surface area contributed by atoms with Gasteiger partial charge in [0.2, 0.25) is 0 Å². The average molecular weight is 172 g/mol. The highest BCUT2D eigenvalue weighted by Crippen LogP contribution is 2.09. The molecule has 1 fully saturated rings. The van der Waals surface area contributed by atoms with Crippen LogP contribution in [0.1, 0.15) is 12.8 Å². The van der Waals surface area contributed by atoms with E-state index in [1.807, 2.05) is 6.08 Å². The largest absolute Gasteiger partial charge is 0.392 e. The first-order valence-corrected chi connectivity index (χ1v) is 4.38. The van der Waals surface area contributed by atoms with Crippen LogP contribution in [0.2, 0.25) is 0 Å². The van der Waals surface area contributed by atoms with Gasteiger partial charge in [0.1, 0.15) is 0 Å². The smallest absolute Gasteiger partial charge is 0.0813 e. The van der Waals surface area contributed by atoms with E-state index < -0.39 is 0 Å². The maximum absolute atomic E-state index is 8.44. The number of ether oxygens (including phenoxy) is 2. The molecule has 0 aromatic carbocycles. The zero-order chi connectivity index (χ0) is 8.65. The Labute approximate surface area is 73.0 Å². The van der Waals surface area contributed by atoms with Crippen LogP contribution in [0.3, 0.4) is 0 Å². The second kappa shape index (κ2) is 6.17. The normalized spacial score (nSPS) is 24.9. The van der Waals surface area contributed by atoms with Gasteiger partial charge in [-0.25, -0.2) is 0 Å². The Morgan fingerprint density at radius 1 is 1.50 bits per heavy atom. The van der Waals surface area contributed by atoms with Crippen LogP contribution in [0.15, 0.2) is 12.2 Å². The van der Waals surface area contributed by atoms with Crippen molar-refractivity contribution >= 4 is 0 Å². The van der Waals surface area contributed by atoms with Gasteiger partial charge in [0, 0.05) is 6.61 Å². The summed E-state index contributed by atoms with van der Waals surface area (Å²) in [7, 11) is 0. The van der Waals surface area contributed by atoms with E-state index in [-0.39, 0.29) is 12.7 Å². The molecule has 12 heavy (non-hydrogen) atoms. The van der Waals surface area contributed by atoms with Crippen molar-refractivity contribution in [2.45, 2.75) is 18.9 Å². The van der Waals surface area contributed by atoms with E-state index in [4.69, 9.17) is 14.6 Å². The molecule has 0 aromatic rings. The van der Waals surface area contributed by atoms with E-state index >= 15 is 0 Å². The van der Waals surface area contributed by atoms with Crippen molar-refractivity contribution in [3.8, 4) is 0 Å². The highest BCUT2D eigenvalue weighted by Gasteiger charge is 2.12. The van der Waals surface area contributed by atoms with Crippen LogP contribution in [0.5, 0.6) is 0 Å². The molecule has 1 aliphatic rings. The SMILES string of the molecule is OCC=CCOC1CCCOC1. The summed E-state index contributed by atoms with van der Waals surface area (Å²) in [6.45, 7) is 2.25. The summed E-state index contributed by atoms with van der Waals surface area (Å²) in [6.07, 6.45) is 5.95. The third-order valence-electron chi connectivity index (χ3n) is 1.82. The van der Waals surface area contributed by atoms with Crippen molar-refractivity contribution in [1.29, 1.82) is 0 Å². The minimum Gasteiger partial charge on any atom is -0.392 e. The van der Waals surface area contributed by atoms with Crippen molar-refractivity contribution in [2.24, 2.45) is 0 Å². The molecule has 70 valence electrons. The fourth-order valence-electron chi connectivity index (χ4n) is 1.18. The third-order valence-corrected chi connectivity index (χ3v) is 1.82. The van der Waals surface area contributed by atoms with Crippen molar-refractivity contribution in [3.63, 3.8) is 0 Å². The van der Waals surface area contributed by atoms with Crippen molar-refractivity contribution < 1.29 is 14.6 Å². The van der Waals surface area contributed by atoms with E-state index in [0.29, 0.717) is 13.2 Å². The summed E-state index contributed by atoms with van der Waals surface area (Å²) < 4.78 is 10.7. The first kappa shape index (κ1) is 9.71. The van der Waals surface area contributed by atoms with Gasteiger partial charge in [0.15, 0.2) is 0 Å². The van der Waals surface area contributed by atoms with Gasteiger partial charge in [0.25, 0.3) is 0 Å². The van der Waals surface area contributed by atoms with Gasteiger partial charge in [-0.15, -0.1) is 0 Å². The number of aliphatic hydroxyl groups excluding tert-OH is 1. The van der Waals surface area contributed by atoms with Gasteiger partial charge in [-0.3, -0.25) is 0 Å². The first-order valence-electron chi connectivity index (χ1n) is 4.38. The summed E-state index contributed by atoms with van der Waals surface area (Å²) in [6, 6.07) is 0. The summed E-state index contributed by atoms with van der Waals surface area (Å²) >= 11 is 0. The number of hydrogen-bond acceptors (Lipinski definition) is 3. The lowest BCUT2D eigenvalue weighted by Crippen LogP contribution is -2.25. The van der Waals surface area contributed by atoms with Crippen LogP contribution in [-0.4, -0.2) is 37.6 Å². The molecule has 1 rings (SSSR count). The summed E-state index contributed by atoms with van der Waals surface area (Å²) in [4.78, 5) is 0. The first-order chi connectivity index (χ1) is 5.93. The predicted molar refractivity (Wildman–Crippen MR) is 46.0 cm³/mol. The molecule has 0 radical (unpaired) electrons. The van der Waals surface area contributed by atoms with Crippen molar-refractivity contribution in [3.05, 3.63) is 12.2 Å². The standard InChI is InChI=1S/C9H16O3/c10-5-1-2-7-12-9-4-3-6-11-8-9/h1-2,9-10H,3-8H2. The van der Waals surface area contributed by atoms with Crippen LogP contribution in [0, 0.1) is 0 Å². The topological polar surface area (TPSA) is 38.7 Å². The molecule has 1 atom stereocenters. The zero-order valence-electron chi connectivity index (χ0n) is 7.24. The summed E-state index contributed by atoms with van der Waals surface area (Å²) in [5, 5.41) is 8.44. The molecule has 1 saturated heterocycles. The predicted octanol–water partition coefficient (Wildman–Crippen LogP) is 0.730. The Balaban J connectivity index is 2.01. The second-order valence-corrected chi connectivity index (χ2v) is 2.83. The molecule has 0 aliphatic carbocycles. The van der Waals surface area contributed by atoms with Gasteiger partial charge >= 0.3 is 0 Å². The van der Waals surface area contributed by atoms with Crippen molar-refractivity contribution in [2.75, 3.05) is 26.4 Å². The van der Waals surface area contributed by atoms with Gasteiger partial charge in [-0.2, -0.15) is 0 Å². The summed E-state index contributed by atoms with van der Waals surface area (Å²) in [5.41, 5.74) is 0. The molecule has 0 saturated carbocycles. The minimum absolute atomic E-state index is 0.0878. The molecule has 3 heteroatoms. The van der Waals surface area contributed by atoms with E-state index in [9.17, 15) is 0 Å². The minimum atomic E-state index is 0.0878. The van der Waals surface area contributed by atoms with Gasteiger partial charge in [-0.1, -0.05) is 12.2 Å². The number of hydrogen-bond donors (Lipinski definition) is 1. The fourth-order valence-corrected chi connectivity index (χ4v) is 1.18. The Morgan fingerprint density at radius 3 is 3.08 bits per heavy atom. The van der Waals surface area contributed by atoms with Gasteiger partial charge < -0.3 is 14.6 Å². The van der Waals surface area contributed by atoms with Crippen LogP contribution in [0.25, 0.3) is 0 Å². The maximum Gasteiger partial charge on any atom is 0.0813 e. The molecular formula is C9H16O3. The Hall–Kier alpha value is -0.380. The third kappa shape index (κ3) is 3.85. The number of aliphatic hydroxyl groups is 1. The Morgan fingerprint density at radius 2 is 2.42 bits per heavy atom. The molecule has 1 N–H and O–H groups in total. The molecule has 1 unspecified atom stereocenters. The molecule has 1 aliphatic heterocycles. The van der Waals surface area contributed by atoms with Crippen LogP contribution >= 0.6 is 0 Å². The molecule has 3 nitrogen and oxygen atoms in total. The van der Waals surface area contributed by atoms with E-state index in [1.165, 1.54) is 0 Å². The number of rotatable bonds is 4. The van der Waals surface area contributed by atoms with Crippen LogP contribution in [0.4, 0.5) is 0 Å². The monoisotopic (exact) mass is 172 g/mol. The lowest BCUT2D eigenvalue weighted by molar-refractivity contribution is -0.0409. The highest BCUT2D eigenvalue weighted by atomic mass is 16.5. The molecule has 0 amide bonds. The summed E-state index contributed by atoms with van der Waals surface area (Å²) in [5.74, 6) is 0. The van der Waals surface area contributed by atoms with Crippen LogP contribution < -0.4 is 0 Å². The molecular weight excluding hydrogens is 156 g/mol. The lowest BCUT2D eigenvalue weighted by Gasteiger charge is -2.21. The maximum atomic E-state index is 8.44. The molecule has 0 bridgehead atoms. The second-order valence-electron chi connectivity index (χ2n) is 2.83. The average Bonchev–Trinajstić information content (AvgIpc) is 2.14. The quantitative estimate of drug-likeness (QED) is 0.635. The molecule has 1 heterocycles. The van der Waals surface area contributed by atoms with Gasteiger partial charge in [-0.05, 0) is 12.8 Å². The molecule has 0 spiro atoms. The van der Waals surface area contributed by atoms with E-state index in [1.54, 1.807) is 6.08 Å². The van der Waals surface area contributed by atoms with E-state index in [0.717, 1.165) is 19.4 Å². The lowest BCUT2D eigenvalue weighted by atomic mass is 10.2. The van der Waals surface area contributed by atoms with E-state index in [2.05, 4.69) is 0 Å². The van der Waals surface area contributed by atoms with Crippen LogP contribution in [-0.2, 0) is 9.47 Å². The Kier molecular flexibility index (Phi) is 4.99. The zero-order valence-corrected chi connectivity index (χ0v) is 7.24. The van der Waals surface area contributed by atoms with Crippen molar-refractivity contribution in [1.82, 2.24) is 0 Å². The molecule has 0 aromatic heterocycles. The Bertz CT molecular complexity index is 128. The highest BCUT2D eigenvalue weighted by molar-refractivity contribution is 4.81. The fraction of sp³-hybridized carbons (Fsp3) is 0.778.